The molecule has 1 aromatic heterocycles. The van der Waals surface area contributed by atoms with Gasteiger partial charge in [-0.25, -0.2) is 0 Å². The van der Waals surface area contributed by atoms with Gasteiger partial charge >= 0.3 is 0 Å². The maximum absolute atomic E-state index is 6.16. The number of hydrogen-bond donors (Lipinski definition) is 1. The minimum absolute atomic E-state index is 0.111. The van der Waals surface area contributed by atoms with E-state index in [9.17, 15) is 0 Å². The Bertz CT molecular complexity index is 727. The van der Waals surface area contributed by atoms with Crippen LogP contribution in [-0.2, 0) is 0 Å². The molecule has 5 heteroatoms. The van der Waals surface area contributed by atoms with E-state index in [0.717, 1.165) is 22.9 Å². The lowest BCUT2D eigenvalue weighted by Gasteiger charge is -2.19. The van der Waals surface area contributed by atoms with E-state index in [1.54, 1.807) is 6.20 Å². The Morgan fingerprint density at radius 3 is 2.76 bits per heavy atom. The largest absolute Gasteiger partial charge is 0.485 e. The average Bonchev–Trinajstić information content (AvgIpc) is 2.96. The van der Waals surface area contributed by atoms with Crippen LogP contribution in [0.5, 0.6) is 5.75 Å². The third kappa shape index (κ3) is 3.14. The number of hydrogen-bond acceptors (Lipinski definition) is 2. The molecule has 1 unspecified atom stereocenters. The van der Waals surface area contributed by atoms with E-state index in [1.165, 1.54) is 0 Å². The van der Waals surface area contributed by atoms with Crippen LogP contribution < -0.4 is 4.74 Å². The van der Waals surface area contributed by atoms with Gasteiger partial charge in [0.1, 0.15) is 11.9 Å². The number of nitrogens with one attached hydrogen (secondary N) is 1. The number of nitrogens with zero attached hydrogens (tertiary/aromatic N) is 1. The number of benzene rings is 2. The van der Waals surface area contributed by atoms with Gasteiger partial charge in [-0.05, 0) is 17.7 Å². The maximum atomic E-state index is 6.16. The van der Waals surface area contributed by atoms with E-state index < -0.39 is 0 Å². The molecule has 0 aliphatic rings. The monoisotopic (exact) mass is 320 g/mol. The van der Waals surface area contributed by atoms with Crippen LogP contribution in [0, 0.1) is 0 Å². The first-order valence-electron chi connectivity index (χ1n) is 6.68. The van der Waals surface area contributed by atoms with E-state index in [-0.39, 0.29) is 6.10 Å². The Labute approximate surface area is 132 Å². The van der Waals surface area contributed by atoms with E-state index in [4.69, 9.17) is 27.9 Å². The SMILES string of the molecule is ClCCC(Oc1cc(Cl)cc2[nH]ncc12)c1ccccc1. The highest BCUT2D eigenvalue weighted by Gasteiger charge is 2.15. The van der Waals surface area contributed by atoms with E-state index in [2.05, 4.69) is 10.2 Å². The van der Waals surface area contributed by atoms with Gasteiger partial charge < -0.3 is 4.74 Å². The molecule has 3 rings (SSSR count). The molecule has 2 aromatic carbocycles. The maximum Gasteiger partial charge on any atom is 0.132 e. The van der Waals surface area contributed by atoms with Crippen LogP contribution in [0.3, 0.4) is 0 Å². The van der Waals surface area contributed by atoms with E-state index in [1.807, 2.05) is 42.5 Å². The van der Waals surface area contributed by atoms with Gasteiger partial charge in [0, 0.05) is 17.3 Å². The molecule has 3 aromatic rings. The molecule has 1 heterocycles. The van der Waals surface area contributed by atoms with Crippen LogP contribution in [0.25, 0.3) is 10.9 Å². The molecule has 3 nitrogen and oxygen atoms in total. The molecule has 0 radical (unpaired) electrons. The zero-order valence-electron chi connectivity index (χ0n) is 11.2. The lowest BCUT2D eigenvalue weighted by Crippen LogP contribution is -2.08. The highest BCUT2D eigenvalue weighted by Crippen LogP contribution is 2.33. The Kier molecular flexibility index (Phi) is 4.32. The van der Waals surface area contributed by atoms with Crippen molar-refractivity contribution in [1.29, 1.82) is 0 Å². The lowest BCUT2D eigenvalue weighted by atomic mass is 10.1. The Hall–Kier alpha value is -1.71. The van der Waals surface area contributed by atoms with Gasteiger partial charge in [-0.1, -0.05) is 41.9 Å². The van der Waals surface area contributed by atoms with Crippen LogP contribution in [0.4, 0.5) is 0 Å². The van der Waals surface area contributed by atoms with Gasteiger partial charge in [-0.2, -0.15) is 5.10 Å². The first kappa shape index (κ1) is 14.2. The lowest BCUT2D eigenvalue weighted by molar-refractivity contribution is 0.205. The molecule has 1 N–H and O–H groups in total. The van der Waals surface area contributed by atoms with Crippen molar-refractivity contribution in [3.05, 3.63) is 59.2 Å². The molecule has 0 amide bonds. The number of alkyl halides is 1. The number of aromatic nitrogens is 2. The second-order valence-corrected chi connectivity index (χ2v) is 5.54. The molecule has 0 bridgehead atoms. The summed E-state index contributed by atoms with van der Waals surface area (Å²) in [7, 11) is 0. The van der Waals surface area contributed by atoms with Crippen LogP contribution in [-0.4, -0.2) is 16.1 Å². The van der Waals surface area contributed by atoms with Gasteiger partial charge in [-0.15, -0.1) is 11.6 Å². The van der Waals surface area contributed by atoms with Crippen LogP contribution in [0.2, 0.25) is 5.02 Å². The molecule has 0 saturated heterocycles. The number of H-pyrrole nitrogens is 1. The zero-order valence-corrected chi connectivity index (χ0v) is 12.7. The zero-order chi connectivity index (χ0) is 14.7. The standard InChI is InChI=1S/C16H14Cl2N2O/c17-7-6-15(11-4-2-1-3-5-11)21-16-9-12(18)8-14-13(16)10-19-20-14/h1-5,8-10,15H,6-7H2,(H,19,20). The summed E-state index contributed by atoms with van der Waals surface area (Å²) in [5.74, 6) is 1.24. The van der Waals surface area contributed by atoms with Crippen molar-refractivity contribution in [2.75, 3.05) is 5.88 Å². The topological polar surface area (TPSA) is 37.9 Å². The molecule has 0 aliphatic carbocycles. The van der Waals surface area contributed by atoms with E-state index in [0.29, 0.717) is 16.7 Å². The summed E-state index contributed by atoms with van der Waals surface area (Å²) < 4.78 is 6.16. The number of aromatic amines is 1. The summed E-state index contributed by atoms with van der Waals surface area (Å²) in [6.07, 6.45) is 2.35. The summed E-state index contributed by atoms with van der Waals surface area (Å²) >= 11 is 12.0. The van der Waals surface area contributed by atoms with Crippen molar-refractivity contribution in [2.24, 2.45) is 0 Å². The summed E-state index contributed by atoms with van der Waals surface area (Å²) in [6, 6.07) is 13.7. The first-order valence-corrected chi connectivity index (χ1v) is 7.59. The van der Waals surface area contributed by atoms with Crippen LogP contribution in [0.15, 0.2) is 48.7 Å². The van der Waals surface area contributed by atoms with Crippen LogP contribution >= 0.6 is 23.2 Å². The number of fused-ring (bicyclic) bond motifs is 1. The summed E-state index contributed by atoms with van der Waals surface area (Å²) in [6.45, 7) is 0. The molecule has 1 atom stereocenters. The third-order valence-corrected chi connectivity index (χ3v) is 3.73. The minimum Gasteiger partial charge on any atom is -0.485 e. The van der Waals surface area contributed by atoms with Gasteiger partial charge in [0.25, 0.3) is 0 Å². The quantitative estimate of drug-likeness (QED) is 0.674. The van der Waals surface area contributed by atoms with E-state index >= 15 is 0 Å². The predicted molar refractivity (Wildman–Crippen MR) is 86.3 cm³/mol. The van der Waals surface area contributed by atoms with Gasteiger partial charge in [0.05, 0.1) is 17.1 Å². The molecule has 0 saturated carbocycles. The van der Waals surface area contributed by atoms with Gasteiger partial charge in [0.2, 0.25) is 0 Å². The van der Waals surface area contributed by atoms with Crippen LogP contribution in [0.1, 0.15) is 18.1 Å². The van der Waals surface area contributed by atoms with Crippen molar-refractivity contribution < 1.29 is 4.74 Å². The summed E-state index contributed by atoms with van der Waals surface area (Å²) in [5.41, 5.74) is 1.95. The van der Waals surface area contributed by atoms with Crippen molar-refractivity contribution in [3.8, 4) is 5.75 Å². The van der Waals surface area contributed by atoms with Crippen molar-refractivity contribution in [2.45, 2.75) is 12.5 Å². The minimum atomic E-state index is -0.111. The highest BCUT2D eigenvalue weighted by molar-refractivity contribution is 6.31. The number of halogens is 2. The Morgan fingerprint density at radius 1 is 1.19 bits per heavy atom. The second-order valence-electron chi connectivity index (χ2n) is 4.73. The first-order chi connectivity index (χ1) is 10.3. The van der Waals surface area contributed by atoms with Crippen molar-refractivity contribution in [3.63, 3.8) is 0 Å². The normalized spacial score (nSPS) is 12.5. The Morgan fingerprint density at radius 2 is 2.00 bits per heavy atom. The fourth-order valence-electron chi connectivity index (χ4n) is 2.30. The third-order valence-electron chi connectivity index (χ3n) is 3.30. The molecule has 108 valence electrons. The number of ether oxygens (including phenoxy) is 1. The Balaban J connectivity index is 1.96. The van der Waals surface area contributed by atoms with Crippen molar-refractivity contribution in [1.82, 2.24) is 10.2 Å². The second kappa shape index (κ2) is 6.37. The summed E-state index contributed by atoms with van der Waals surface area (Å²) in [5, 5.41) is 8.47. The highest BCUT2D eigenvalue weighted by atomic mass is 35.5. The smallest absolute Gasteiger partial charge is 0.132 e. The average molecular weight is 321 g/mol. The molecular weight excluding hydrogens is 307 g/mol. The van der Waals surface area contributed by atoms with Gasteiger partial charge in [-0.3, -0.25) is 5.10 Å². The fraction of sp³-hybridized carbons (Fsp3) is 0.188. The molecule has 0 fully saturated rings. The molecule has 21 heavy (non-hydrogen) atoms. The fourth-order valence-corrected chi connectivity index (χ4v) is 2.70. The molecule has 0 spiro atoms. The van der Waals surface area contributed by atoms with Gasteiger partial charge in [0.15, 0.2) is 0 Å². The molecular formula is C16H14Cl2N2O. The van der Waals surface area contributed by atoms with Crippen molar-refractivity contribution >= 4 is 34.1 Å². The predicted octanol–water partition coefficient (Wildman–Crippen LogP) is 4.97. The molecule has 0 aliphatic heterocycles. The number of rotatable bonds is 5. The summed E-state index contributed by atoms with van der Waals surface area (Å²) in [4.78, 5) is 0.